The number of carboxylic acid groups (broad SMARTS) is 1. The zero-order valence-corrected chi connectivity index (χ0v) is 18.8. The summed E-state index contributed by atoms with van der Waals surface area (Å²) in [7, 11) is -4.12. The average Bonchev–Trinajstić information content (AvgIpc) is 2.73. The Hall–Kier alpha value is -3.05. The standard InChI is InChI=1S/C23H27N3O4S/c1-23(2,3)18-9-8-17(22(27)28)14-21(18)31(29,30)25-19-13-16(15-24)7-10-20(19)26-11-5-4-6-12-26/h7-10,13-14,25H,4-6,11-12H2,1-3H3,(H,27,28). The van der Waals surface area contributed by atoms with Crippen molar-refractivity contribution in [1.82, 2.24) is 0 Å². The lowest BCUT2D eigenvalue weighted by Gasteiger charge is -2.31. The molecule has 3 rings (SSSR count). The zero-order chi connectivity index (χ0) is 22.8. The predicted octanol–water partition coefficient (Wildman–Crippen LogP) is 4.35. The first-order chi connectivity index (χ1) is 14.5. The summed E-state index contributed by atoms with van der Waals surface area (Å²) in [6, 6.07) is 11.2. The fourth-order valence-corrected chi connectivity index (χ4v) is 5.30. The maximum atomic E-state index is 13.5. The van der Waals surface area contributed by atoms with E-state index in [0.717, 1.165) is 32.4 Å². The van der Waals surface area contributed by atoms with Crippen LogP contribution in [0.4, 0.5) is 11.4 Å². The minimum absolute atomic E-state index is 0.0770. The van der Waals surface area contributed by atoms with Crippen molar-refractivity contribution in [3.63, 3.8) is 0 Å². The lowest BCUT2D eigenvalue weighted by atomic mass is 9.86. The van der Waals surface area contributed by atoms with E-state index in [1.165, 1.54) is 18.2 Å². The van der Waals surface area contributed by atoms with E-state index >= 15 is 0 Å². The Labute approximate surface area is 183 Å². The first-order valence-corrected chi connectivity index (χ1v) is 11.7. The highest BCUT2D eigenvalue weighted by molar-refractivity contribution is 7.92. The number of nitrogens with one attached hydrogen (secondary N) is 1. The van der Waals surface area contributed by atoms with Crippen molar-refractivity contribution >= 4 is 27.4 Å². The third-order valence-electron chi connectivity index (χ3n) is 5.39. The van der Waals surface area contributed by atoms with Crippen LogP contribution in [-0.2, 0) is 15.4 Å². The number of carboxylic acids is 1. The summed E-state index contributed by atoms with van der Waals surface area (Å²) in [5.41, 5.74) is 1.27. The van der Waals surface area contributed by atoms with Gasteiger partial charge in [-0.05, 0) is 60.6 Å². The molecule has 0 aliphatic carbocycles. The predicted molar refractivity (Wildman–Crippen MR) is 120 cm³/mol. The van der Waals surface area contributed by atoms with Crippen molar-refractivity contribution in [1.29, 1.82) is 5.26 Å². The highest BCUT2D eigenvalue weighted by Gasteiger charge is 2.28. The largest absolute Gasteiger partial charge is 0.478 e. The van der Waals surface area contributed by atoms with Crippen molar-refractivity contribution in [3.05, 3.63) is 53.1 Å². The Balaban J connectivity index is 2.11. The van der Waals surface area contributed by atoms with Gasteiger partial charge in [0, 0.05) is 13.1 Å². The Morgan fingerprint density at radius 2 is 1.77 bits per heavy atom. The molecular formula is C23H27N3O4S. The first kappa shape index (κ1) is 22.6. The Morgan fingerprint density at radius 3 is 2.35 bits per heavy atom. The summed E-state index contributed by atoms with van der Waals surface area (Å²) in [5, 5.41) is 18.7. The quantitative estimate of drug-likeness (QED) is 0.714. The number of nitriles is 1. The molecule has 7 nitrogen and oxygen atoms in total. The maximum Gasteiger partial charge on any atom is 0.335 e. The third kappa shape index (κ3) is 5.00. The van der Waals surface area contributed by atoms with Gasteiger partial charge in [-0.1, -0.05) is 26.8 Å². The summed E-state index contributed by atoms with van der Waals surface area (Å²) < 4.78 is 29.6. The fourth-order valence-electron chi connectivity index (χ4n) is 3.79. The number of benzene rings is 2. The number of piperidine rings is 1. The molecule has 1 heterocycles. The lowest BCUT2D eigenvalue weighted by molar-refractivity contribution is 0.0696. The van der Waals surface area contributed by atoms with Gasteiger partial charge in [0.1, 0.15) is 0 Å². The second kappa shape index (κ2) is 8.60. The Kier molecular flexibility index (Phi) is 6.27. The molecule has 1 fully saturated rings. The summed E-state index contributed by atoms with van der Waals surface area (Å²) in [6.45, 7) is 7.23. The molecule has 2 aromatic carbocycles. The van der Waals surface area contributed by atoms with E-state index in [2.05, 4.69) is 15.7 Å². The molecule has 0 radical (unpaired) electrons. The smallest absolute Gasteiger partial charge is 0.335 e. The first-order valence-electron chi connectivity index (χ1n) is 10.2. The van der Waals surface area contributed by atoms with Gasteiger partial charge in [0.25, 0.3) is 10.0 Å². The van der Waals surface area contributed by atoms with Gasteiger partial charge in [-0.15, -0.1) is 0 Å². The molecule has 0 bridgehead atoms. The van der Waals surface area contributed by atoms with Gasteiger partial charge in [-0.25, -0.2) is 13.2 Å². The molecule has 0 unspecified atom stereocenters. The van der Waals surface area contributed by atoms with Gasteiger partial charge in [-0.2, -0.15) is 5.26 Å². The van der Waals surface area contributed by atoms with Crippen molar-refractivity contribution in [3.8, 4) is 6.07 Å². The van der Waals surface area contributed by atoms with Crippen molar-refractivity contribution < 1.29 is 18.3 Å². The van der Waals surface area contributed by atoms with Gasteiger partial charge in [0.05, 0.1) is 33.5 Å². The van der Waals surface area contributed by atoms with E-state index in [1.807, 2.05) is 20.8 Å². The summed E-state index contributed by atoms with van der Waals surface area (Å²) in [5.74, 6) is -1.20. The van der Waals surface area contributed by atoms with Crippen LogP contribution in [0.1, 0.15) is 61.5 Å². The van der Waals surface area contributed by atoms with E-state index in [4.69, 9.17) is 0 Å². The van der Waals surface area contributed by atoms with Crippen LogP contribution in [0.5, 0.6) is 0 Å². The van der Waals surface area contributed by atoms with Crippen LogP contribution < -0.4 is 9.62 Å². The molecule has 1 aliphatic heterocycles. The van der Waals surface area contributed by atoms with Crippen LogP contribution in [0.15, 0.2) is 41.3 Å². The second-order valence-corrected chi connectivity index (χ2v) is 10.4. The minimum atomic E-state index is -4.12. The fraction of sp³-hybridized carbons (Fsp3) is 0.391. The zero-order valence-electron chi connectivity index (χ0n) is 18.0. The number of sulfonamides is 1. The molecule has 8 heteroatoms. The molecule has 0 amide bonds. The topological polar surface area (TPSA) is 110 Å². The highest BCUT2D eigenvalue weighted by Crippen LogP contribution is 2.34. The van der Waals surface area contributed by atoms with Crippen LogP contribution in [0, 0.1) is 11.3 Å². The van der Waals surface area contributed by atoms with Crippen LogP contribution in [-0.4, -0.2) is 32.6 Å². The van der Waals surface area contributed by atoms with Crippen molar-refractivity contribution in [2.45, 2.75) is 50.3 Å². The number of nitrogens with zero attached hydrogens (tertiary/aromatic N) is 2. The number of carbonyl (C=O) groups is 1. The third-order valence-corrected chi connectivity index (χ3v) is 6.80. The average molecular weight is 442 g/mol. The molecule has 0 spiro atoms. The van der Waals surface area contributed by atoms with Crippen LogP contribution in [0.3, 0.4) is 0 Å². The minimum Gasteiger partial charge on any atom is -0.478 e. The molecule has 2 aromatic rings. The molecule has 1 saturated heterocycles. The van der Waals surface area contributed by atoms with Gasteiger partial charge in [0.2, 0.25) is 0 Å². The number of rotatable bonds is 5. The summed E-state index contributed by atoms with van der Waals surface area (Å²) in [6.07, 6.45) is 3.16. The highest BCUT2D eigenvalue weighted by atomic mass is 32.2. The van der Waals surface area contributed by atoms with Gasteiger partial charge in [0.15, 0.2) is 0 Å². The Bertz CT molecular complexity index is 1140. The normalized spacial score (nSPS) is 14.7. The molecule has 0 saturated carbocycles. The van der Waals surface area contributed by atoms with Crippen LogP contribution >= 0.6 is 0 Å². The second-order valence-electron chi connectivity index (χ2n) is 8.76. The van der Waals surface area contributed by atoms with Gasteiger partial charge in [-0.3, -0.25) is 4.72 Å². The van der Waals surface area contributed by atoms with Gasteiger partial charge >= 0.3 is 5.97 Å². The molecule has 0 aromatic heterocycles. The van der Waals surface area contributed by atoms with E-state index < -0.39 is 21.4 Å². The molecule has 164 valence electrons. The number of hydrogen-bond acceptors (Lipinski definition) is 5. The molecule has 31 heavy (non-hydrogen) atoms. The molecule has 0 atom stereocenters. The molecule has 1 aliphatic rings. The van der Waals surface area contributed by atoms with E-state index in [-0.39, 0.29) is 10.5 Å². The van der Waals surface area contributed by atoms with Crippen LogP contribution in [0.25, 0.3) is 0 Å². The SMILES string of the molecule is CC(C)(C)c1ccc(C(=O)O)cc1S(=O)(=O)Nc1cc(C#N)ccc1N1CCCCC1. The van der Waals surface area contributed by atoms with Gasteiger partial charge < -0.3 is 10.0 Å². The van der Waals surface area contributed by atoms with E-state index in [9.17, 15) is 23.6 Å². The monoisotopic (exact) mass is 441 g/mol. The Morgan fingerprint density at radius 1 is 1.10 bits per heavy atom. The summed E-state index contributed by atoms with van der Waals surface area (Å²) in [4.78, 5) is 13.5. The summed E-state index contributed by atoms with van der Waals surface area (Å²) >= 11 is 0. The molecule has 2 N–H and O–H groups in total. The molecular weight excluding hydrogens is 414 g/mol. The van der Waals surface area contributed by atoms with Crippen LogP contribution in [0.2, 0.25) is 0 Å². The number of aromatic carboxylic acids is 1. The van der Waals surface area contributed by atoms with E-state index in [1.54, 1.807) is 18.2 Å². The maximum absolute atomic E-state index is 13.5. The number of hydrogen-bond donors (Lipinski definition) is 2. The van der Waals surface area contributed by atoms with E-state index in [0.29, 0.717) is 22.5 Å². The lowest BCUT2D eigenvalue weighted by Crippen LogP contribution is -2.30. The van der Waals surface area contributed by atoms with Crippen molar-refractivity contribution in [2.24, 2.45) is 0 Å². The van der Waals surface area contributed by atoms with Crippen molar-refractivity contribution in [2.75, 3.05) is 22.7 Å². The number of anilines is 2.